The number of hydrogen-bond donors (Lipinski definition) is 0. The standard InChI is InChI=1S/C89H55N11/c1-5-25-56(26-6-1)84-91-85(57-27-7-2-8-28-57)94-88(93-84)70-48-45-60(51-73(70)89-95-86(58-29-9-3-10-30-58)92-87(96-89)59-31-11-4-12-32-59)61-52-82(99-78-43-23-17-37-68(78)71-54-62(46-49-80(71)99)97-74-39-19-13-33-64(74)65-34-14-20-40-75(65)97)90-83(53-61)100-79-44-24-18-38-69(79)72-55-63(47-50-81(72)100)98-76-41-21-15-35-66(76)67-36-16-22-42-77(67)98/h1-55H. The van der Waals surface area contributed by atoms with Crippen molar-refractivity contribution < 1.29 is 0 Å². The molecule has 100 heavy (non-hydrogen) atoms. The molecule has 20 aromatic rings. The normalized spacial score (nSPS) is 11.8. The first kappa shape index (κ1) is 56.6. The number of rotatable bonds is 11. The number of para-hydroxylation sites is 6. The molecule has 0 radical (unpaired) electrons. The van der Waals surface area contributed by atoms with Crippen LogP contribution in [0.25, 0.3) is 190 Å². The summed E-state index contributed by atoms with van der Waals surface area (Å²) in [5, 5.41) is 9.27. The van der Waals surface area contributed by atoms with Gasteiger partial charge in [-0.05, 0) is 108 Å². The summed E-state index contributed by atoms with van der Waals surface area (Å²) >= 11 is 0. The van der Waals surface area contributed by atoms with Crippen molar-refractivity contribution in [3.05, 3.63) is 334 Å². The molecule has 0 unspecified atom stereocenters. The van der Waals surface area contributed by atoms with Gasteiger partial charge in [-0.15, -0.1) is 0 Å². The van der Waals surface area contributed by atoms with E-state index in [0.717, 1.165) is 122 Å². The van der Waals surface area contributed by atoms with Crippen LogP contribution in [0.2, 0.25) is 0 Å². The highest BCUT2D eigenvalue weighted by Gasteiger charge is 2.25. The van der Waals surface area contributed by atoms with E-state index in [9.17, 15) is 0 Å². The van der Waals surface area contributed by atoms with Crippen LogP contribution in [0.5, 0.6) is 0 Å². The topological polar surface area (TPSA) is 110 Å². The lowest BCUT2D eigenvalue weighted by Gasteiger charge is -2.17. The third-order valence-corrected chi connectivity index (χ3v) is 19.5. The Morgan fingerprint density at radius 1 is 0.160 bits per heavy atom. The third-order valence-electron chi connectivity index (χ3n) is 19.5. The highest BCUT2D eigenvalue weighted by molar-refractivity contribution is 6.14. The van der Waals surface area contributed by atoms with Gasteiger partial charge in [0.1, 0.15) is 11.6 Å². The highest BCUT2D eigenvalue weighted by Crippen LogP contribution is 2.43. The molecule has 0 N–H and O–H groups in total. The zero-order valence-electron chi connectivity index (χ0n) is 53.7. The summed E-state index contributed by atoms with van der Waals surface area (Å²) in [6.45, 7) is 0. The predicted octanol–water partition coefficient (Wildman–Crippen LogP) is 21.5. The van der Waals surface area contributed by atoms with E-state index < -0.39 is 0 Å². The van der Waals surface area contributed by atoms with E-state index in [1.54, 1.807) is 0 Å². The molecule has 0 fully saturated rings. The van der Waals surface area contributed by atoms with Crippen molar-refractivity contribution in [2.24, 2.45) is 0 Å². The molecule has 13 aromatic carbocycles. The van der Waals surface area contributed by atoms with Crippen LogP contribution in [0.4, 0.5) is 0 Å². The summed E-state index contributed by atoms with van der Waals surface area (Å²) in [4.78, 5) is 37.8. The molecule has 11 heteroatoms. The SMILES string of the molecule is c1ccc(-c2nc(-c3ccccc3)nc(-c3ccc(-c4cc(-n5c6ccccc6c6cc(-n7c8ccccc8c8ccccc87)ccc65)nc(-n5c6ccccc6c6cc(-n7c8ccccc8c8ccccc87)ccc65)c4)cc3-c3nc(-c4ccccc4)nc(-c4ccccc4)n3)n2)cc1. The minimum atomic E-state index is 0.449. The summed E-state index contributed by atoms with van der Waals surface area (Å²) in [7, 11) is 0. The quantitative estimate of drug-likeness (QED) is 0.127. The minimum Gasteiger partial charge on any atom is -0.309 e. The van der Waals surface area contributed by atoms with Gasteiger partial charge in [-0.3, -0.25) is 9.13 Å². The van der Waals surface area contributed by atoms with E-state index in [-0.39, 0.29) is 0 Å². The maximum atomic E-state index is 5.92. The van der Waals surface area contributed by atoms with Gasteiger partial charge < -0.3 is 9.13 Å². The van der Waals surface area contributed by atoms with Gasteiger partial charge in [0.15, 0.2) is 34.9 Å². The van der Waals surface area contributed by atoms with Crippen LogP contribution in [-0.2, 0) is 0 Å². The van der Waals surface area contributed by atoms with Crippen LogP contribution in [0.15, 0.2) is 334 Å². The Balaban J connectivity index is 0.858. The van der Waals surface area contributed by atoms with Crippen LogP contribution in [0.3, 0.4) is 0 Å². The molecule has 0 atom stereocenters. The Bertz CT molecular complexity index is 6180. The first-order valence-electron chi connectivity index (χ1n) is 33.5. The fraction of sp³-hybridized carbons (Fsp3) is 0. The van der Waals surface area contributed by atoms with Gasteiger partial charge in [0.05, 0.1) is 44.1 Å². The molecule has 0 aliphatic carbocycles. The van der Waals surface area contributed by atoms with Crippen molar-refractivity contribution in [3.8, 4) is 102 Å². The number of benzene rings is 13. The monoisotopic (exact) mass is 1280 g/mol. The van der Waals surface area contributed by atoms with E-state index in [2.05, 4.69) is 231 Å². The van der Waals surface area contributed by atoms with Gasteiger partial charge in [0.25, 0.3) is 0 Å². The Labute approximate surface area is 573 Å². The maximum Gasteiger partial charge on any atom is 0.164 e. The van der Waals surface area contributed by atoms with Crippen molar-refractivity contribution in [1.82, 2.24) is 53.2 Å². The molecule has 466 valence electrons. The van der Waals surface area contributed by atoms with Gasteiger partial charge in [0.2, 0.25) is 0 Å². The lowest BCUT2D eigenvalue weighted by molar-refractivity contribution is 1.01. The summed E-state index contributed by atoms with van der Waals surface area (Å²) < 4.78 is 9.46. The van der Waals surface area contributed by atoms with Crippen LogP contribution in [-0.4, -0.2) is 53.2 Å². The van der Waals surface area contributed by atoms with Crippen LogP contribution >= 0.6 is 0 Å². The second-order valence-electron chi connectivity index (χ2n) is 25.3. The average Bonchev–Trinajstić information content (AvgIpc) is 1.71. The molecule has 0 saturated carbocycles. The summed E-state index contributed by atoms with van der Waals surface area (Å²) in [5.74, 6) is 4.51. The number of pyridine rings is 1. The molecule has 7 heterocycles. The van der Waals surface area contributed by atoms with E-state index in [1.165, 1.54) is 21.5 Å². The first-order valence-corrected chi connectivity index (χ1v) is 33.5. The van der Waals surface area contributed by atoms with Crippen LogP contribution in [0.1, 0.15) is 0 Å². The first-order chi connectivity index (χ1) is 49.6. The zero-order valence-corrected chi connectivity index (χ0v) is 53.7. The number of nitrogens with zero attached hydrogens (tertiary/aromatic N) is 11. The Morgan fingerprint density at radius 3 is 0.790 bits per heavy atom. The molecule has 11 nitrogen and oxygen atoms in total. The van der Waals surface area contributed by atoms with Gasteiger partial charge in [-0.1, -0.05) is 237 Å². The summed E-state index contributed by atoms with van der Waals surface area (Å²) in [5.41, 5.74) is 17.4. The van der Waals surface area contributed by atoms with Crippen LogP contribution < -0.4 is 0 Å². The van der Waals surface area contributed by atoms with Gasteiger partial charge in [0, 0.05) is 87.8 Å². The lowest BCUT2D eigenvalue weighted by atomic mass is 9.97. The summed E-state index contributed by atoms with van der Waals surface area (Å²) in [6, 6.07) is 117. The summed E-state index contributed by atoms with van der Waals surface area (Å²) in [6.07, 6.45) is 0. The highest BCUT2D eigenvalue weighted by atomic mass is 15.1. The molecular formula is C89H55N11. The Morgan fingerprint density at radius 2 is 0.440 bits per heavy atom. The third kappa shape index (κ3) is 9.24. The van der Waals surface area contributed by atoms with Gasteiger partial charge >= 0.3 is 0 Å². The van der Waals surface area contributed by atoms with E-state index in [0.29, 0.717) is 46.1 Å². The Kier molecular flexibility index (Phi) is 13.0. The molecule has 0 aliphatic heterocycles. The maximum absolute atomic E-state index is 5.92. The molecule has 7 aromatic heterocycles. The lowest BCUT2D eigenvalue weighted by Crippen LogP contribution is -2.05. The smallest absolute Gasteiger partial charge is 0.164 e. The van der Waals surface area contributed by atoms with E-state index >= 15 is 0 Å². The van der Waals surface area contributed by atoms with Crippen molar-refractivity contribution in [2.75, 3.05) is 0 Å². The number of fused-ring (bicyclic) bond motifs is 12. The molecular weight excluding hydrogens is 1220 g/mol. The number of aromatic nitrogens is 11. The predicted molar refractivity (Wildman–Crippen MR) is 406 cm³/mol. The molecule has 0 bridgehead atoms. The fourth-order valence-corrected chi connectivity index (χ4v) is 15.0. The van der Waals surface area contributed by atoms with Gasteiger partial charge in [-0.2, -0.15) is 0 Å². The second kappa shape index (κ2) is 23.0. The van der Waals surface area contributed by atoms with Crippen LogP contribution in [0, 0.1) is 0 Å². The Hall–Kier alpha value is -13.8. The van der Waals surface area contributed by atoms with E-state index in [1.807, 2.05) is 121 Å². The molecule has 0 amide bonds. The minimum absolute atomic E-state index is 0.449. The van der Waals surface area contributed by atoms with E-state index in [4.69, 9.17) is 34.9 Å². The van der Waals surface area contributed by atoms with Crippen molar-refractivity contribution in [3.63, 3.8) is 0 Å². The molecule has 0 spiro atoms. The average molecular weight is 1280 g/mol. The molecule has 20 rings (SSSR count). The van der Waals surface area contributed by atoms with Crippen molar-refractivity contribution in [2.45, 2.75) is 0 Å². The second-order valence-corrected chi connectivity index (χ2v) is 25.3. The number of hydrogen-bond acceptors (Lipinski definition) is 7. The zero-order chi connectivity index (χ0) is 65.8. The van der Waals surface area contributed by atoms with Crippen molar-refractivity contribution in [1.29, 1.82) is 0 Å². The molecule has 0 saturated heterocycles. The fourth-order valence-electron chi connectivity index (χ4n) is 15.0. The van der Waals surface area contributed by atoms with Gasteiger partial charge in [-0.25, -0.2) is 34.9 Å². The molecule has 0 aliphatic rings. The van der Waals surface area contributed by atoms with Crippen molar-refractivity contribution >= 4 is 87.2 Å². The largest absolute Gasteiger partial charge is 0.309 e.